The summed E-state index contributed by atoms with van der Waals surface area (Å²) in [6.07, 6.45) is 2.85. The molecule has 0 radical (unpaired) electrons. The zero-order valence-electron chi connectivity index (χ0n) is 15.1. The first-order valence-electron chi connectivity index (χ1n) is 8.95. The number of carbonyl (C=O) groups is 1. The molecular weight excluding hydrogens is 340 g/mol. The maximum Gasteiger partial charge on any atom is 0.276 e. The van der Waals surface area contributed by atoms with Crippen molar-refractivity contribution in [3.63, 3.8) is 0 Å². The first-order valence-corrected chi connectivity index (χ1v) is 8.95. The molecule has 0 aliphatic carbocycles. The number of fused-ring (bicyclic) bond motifs is 1. The van der Waals surface area contributed by atoms with E-state index in [0.29, 0.717) is 28.6 Å². The summed E-state index contributed by atoms with van der Waals surface area (Å²) in [5.41, 5.74) is 0.970. The van der Waals surface area contributed by atoms with Crippen molar-refractivity contribution in [2.75, 3.05) is 5.32 Å². The average Bonchev–Trinajstić information content (AvgIpc) is 2.70. The molecule has 0 fully saturated rings. The van der Waals surface area contributed by atoms with E-state index in [2.05, 4.69) is 17.3 Å². The van der Waals surface area contributed by atoms with E-state index in [-0.39, 0.29) is 11.3 Å². The molecule has 1 aromatic heterocycles. The number of amides is 1. The smallest absolute Gasteiger partial charge is 0.276 e. The Kier molecular flexibility index (Phi) is 5.62. The number of rotatable bonds is 6. The summed E-state index contributed by atoms with van der Waals surface area (Å²) < 4.78 is 1.37. The summed E-state index contributed by atoms with van der Waals surface area (Å²) in [7, 11) is 0. The van der Waals surface area contributed by atoms with Gasteiger partial charge in [0.25, 0.3) is 11.5 Å². The molecule has 3 rings (SSSR count). The largest absolute Gasteiger partial charge is 0.321 e. The van der Waals surface area contributed by atoms with Gasteiger partial charge in [-0.2, -0.15) is 10.4 Å². The standard InChI is InChI=1S/C21H20N4O2/c1-2-3-6-12-25-21(27)18-11-5-4-10-17(18)19(24-25)20(26)23-16-9-7-8-15(13-16)14-22/h4-5,7-11,13H,2-3,6,12H2,1H3,(H,23,26). The van der Waals surface area contributed by atoms with E-state index >= 15 is 0 Å². The van der Waals surface area contributed by atoms with Crippen LogP contribution in [0.25, 0.3) is 10.8 Å². The number of hydrogen-bond donors (Lipinski definition) is 1. The van der Waals surface area contributed by atoms with Gasteiger partial charge in [-0.1, -0.05) is 44.0 Å². The molecular formula is C21H20N4O2. The van der Waals surface area contributed by atoms with Crippen molar-refractivity contribution in [1.29, 1.82) is 5.26 Å². The fourth-order valence-electron chi connectivity index (χ4n) is 2.92. The van der Waals surface area contributed by atoms with Gasteiger partial charge in [0.2, 0.25) is 0 Å². The van der Waals surface area contributed by atoms with E-state index in [0.717, 1.165) is 19.3 Å². The van der Waals surface area contributed by atoms with Crippen molar-refractivity contribution in [2.45, 2.75) is 32.7 Å². The molecule has 0 unspecified atom stereocenters. The molecule has 0 saturated carbocycles. The van der Waals surface area contributed by atoms with Crippen LogP contribution < -0.4 is 10.9 Å². The maximum absolute atomic E-state index is 12.8. The Morgan fingerprint density at radius 1 is 1.15 bits per heavy atom. The summed E-state index contributed by atoms with van der Waals surface area (Å²) in [6, 6.07) is 15.7. The molecule has 0 bridgehead atoms. The summed E-state index contributed by atoms with van der Waals surface area (Å²) in [5, 5.41) is 17.1. The van der Waals surface area contributed by atoms with Gasteiger partial charge in [0, 0.05) is 17.6 Å². The zero-order valence-corrected chi connectivity index (χ0v) is 15.1. The first-order chi connectivity index (χ1) is 13.1. The van der Waals surface area contributed by atoms with Gasteiger partial charge in [-0.15, -0.1) is 0 Å². The van der Waals surface area contributed by atoms with Crippen molar-refractivity contribution in [1.82, 2.24) is 9.78 Å². The third kappa shape index (κ3) is 4.04. The number of unbranched alkanes of at least 4 members (excludes halogenated alkanes) is 2. The predicted molar refractivity (Wildman–Crippen MR) is 105 cm³/mol. The lowest BCUT2D eigenvalue weighted by atomic mass is 10.1. The van der Waals surface area contributed by atoms with Crippen LogP contribution in [-0.4, -0.2) is 15.7 Å². The zero-order chi connectivity index (χ0) is 19.2. The van der Waals surface area contributed by atoms with Crippen LogP contribution in [0.5, 0.6) is 0 Å². The van der Waals surface area contributed by atoms with Crippen molar-refractivity contribution >= 4 is 22.4 Å². The summed E-state index contributed by atoms with van der Waals surface area (Å²) in [5.74, 6) is -0.412. The van der Waals surface area contributed by atoms with Crippen LogP contribution in [0.3, 0.4) is 0 Å². The third-order valence-corrected chi connectivity index (χ3v) is 4.31. The van der Waals surface area contributed by atoms with E-state index in [9.17, 15) is 9.59 Å². The number of nitrogens with one attached hydrogen (secondary N) is 1. The van der Waals surface area contributed by atoms with Gasteiger partial charge >= 0.3 is 0 Å². The van der Waals surface area contributed by atoms with Crippen molar-refractivity contribution in [3.8, 4) is 6.07 Å². The number of carbonyl (C=O) groups excluding carboxylic acids is 1. The van der Waals surface area contributed by atoms with Crippen LogP contribution in [0.1, 0.15) is 42.2 Å². The Labute approximate surface area is 157 Å². The van der Waals surface area contributed by atoms with Gasteiger partial charge in [-0.3, -0.25) is 9.59 Å². The highest BCUT2D eigenvalue weighted by Crippen LogP contribution is 2.16. The van der Waals surface area contributed by atoms with Crippen LogP contribution in [0.15, 0.2) is 53.3 Å². The highest BCUT2D eigenvalue weighted by molar-refractivity contribution is 6.11. The van der Waals surface area contributed by atoms with E-state index in [4.69, 9.17) is 5.26 Å². The Morgan fingerprint density at radius 3 is 2.67 bits per heavy atom. The molecule has 27 heavy (non-hydrogen) atoms. The molecule has 1 N–H and O–H groups in total. The van der Waals surface area contributed by atoms with Crippen LogP contribution in [-0.2, 0) is 6.54 Å². The number of hydrogen-bond acceptors (Lipinski definition) is 4. The number of benzene rings is 2. The molecule has 2 aromatic carbocycles. The topological polar surface area (TPSA) is 87.8 Å². The number of aryl methyl sites for hydroxylation is 1. The Balaban J connectivity index is 2.01. The second-order valence-electron chi connectivity index (χ2n) is 6.28. The molecule has 6 nitrogen and oxygen atoms in total. The Morgan fingerprint density at radius 2 is 1.93 bits per heavy atom. The molecule has 0 saturated heterocycles. The lowest BCUT2D eigenvalue weighted by Crippen LogP contribution is -2.27. The van der Waals surface area contributed by atoms with Gasteiger partial charge in [0.15, 0.2) is 5.69 Å². The molecule has 1 amide bonds. The molecule has 0 atom stereocenters. The summed E-state index contributed by atoms with van der Waals surface area (Å²) in [6.45, 7) is 2.56. The van der Waals surface area contributed by atoms with Crippen molar-refractivity contribution in [3.05, 3.63) is 70.1 Å². The molecule has 3 aromatic rings. The van der Waals surface area contributed by atoms with E-state index in [1.54, 1.807) is 48.5 Å². The minimum atomic E-state index is -0.412. The minimum absolute atomic E-state index is 0.190. The molecule has 0 aliphatic heterocycles. The fourth-order valence-corrected chi connectivity index (χ4v) is 2.92. The van der Waals surface area contributed by atoms with Crippen molar-refractivity contribution in [2.24, 2.45) is 0 Å². The average molecular weight is 360 g/mol. The van der Waals surface area contributed by atoms with Gasteiger partial charge in [-0.25, -0.2) is 4.68 Å². The highest BCUT2D eigenvalue weighted by atomic mass is 16.2. The van der Waals surface area contributed by atoms with Crippen LogP contribution in [0.2, 0.25) is 0 Å². The number of anilines is 1. The second-order valence-corrected chi connectivity index (χ2v) is 6.28. The van der Waals surface area contributed by atoms with Gasteiger partial charge in [0.05, 0.1) is 17.0 Å². The lowest BCUT2D eigenvalue weighted by molar-refractivity contribution is 0.102. The predicted octanol–water partition coefficient (Wildman–Crippen LogP) is 3.71. The number of aromatic nitrogens is 2. The van der Waals surface area contributed by atoms with Gasteiger partial charge in [-0.05, 0) is 30.7 Å². The fraction of sp³-hybridized carbons (Fsp3) is 0.238. The van der Waals surface area contributed by atoms with Crippen LogP contribution in [0.4, 0.5) is 5.69 Å². The molecule has 1 heterocycles. The van der Waals surface area contributed by atoms with E-state index in [1.807, 2.05) is 6.07 Å². The normalized spacial score (nSPS) is 10.5. The van der Waals surface area contributed by atoms with Crippen LogP contribution >= 0.6 is 0 Å². The summed E-state index contributed by atoms with van der Waals surface area (Å²) >= 11 is 0. The van der Waals surface area contributed by atoms with E-state index in [1.165, 1.54) is 4.68 Å². The molecule has 0 spiro atoms. The summed E-state index contributed by atoms with van der Waals surface area (Å²) in [4.78, 5) is 25.5. The number of nitriles is 1. The monoisotopic (exact) mass is 360 g/mol. The van der Waals surface area contributed by atoms with Gasteiger partial charge in [0.1, 0.15) is 0 Å². The first kappa shape index (κ1) is 18.3. The Bertz CT molecular complexity index is 1080. The van der Waals surface area contributed by atoms with Crippen LogP contribution in [0, 0.1) is 11.3 Å². The minimum Gasteiger partial charge on any atom is -0.321 e. The van der Waals surface area contributed by atoms with E-state index < -0.39 is 5.91 Å². The molecule has 6 heteroatoms. The Hall–Kier alpha value is -3.46. The second kappa shape index (κ2) is 8.28. The quantitative estimate of drug-likeness (QED) is 0.679. The maximum atomic E-state index is 12.8. The highest BCUT2D eigenvalue weighted by Gasteiger charge is 2.17. The molecule has 136 valence electrons. The van der Waals surface area contributed by atoms with Crippen molar-refractivity contribution < 1.29 is 4.79 Å². The van der Waals surface area contributed by atoms with Gasteiger partial charge < -0.3 is 5.32 Å². The third-order valence-electron chi connectivity index (χ3n) is 4.31. The SMILES string of the molecule is CCCCCn1nc(C(=O)Nc2cccc(C#N)c2)c2ccccc2c1=O. The number of nitrogens with zero attached hydrogens (tertiary/aromatic N) is 3. The molecule has 0 aliphatic rings. The lowest BCUT2D eigenvalue weighted by Gasteiger charge is -2.11.